The van der Waals surface area contributed by atoms with Gasteiger partial charge in [-0.05, 0) is 54.4 Å². The van der Waals surface area contributed by atoms with Crippen LogP contribution in [0.25, 0.3) is 5.57 Å². The van der Waals surface area contributed by atoms with Crippen LogP contribution in [0.2, 0.25) is 0 Å². The van der Waals surface area contributed by atoms with Crippen molar-refractivity contribution in [1.29, 1.82) is 0 Å². The molecule has 1 aliphatic rings. The topological polar surface area (TPSA) is 80.2 Å². The molecule has 0 saturated carbocycles. The van der Waals surface area contributed by atoms with Crippen molar-refractivity contribution >= 4 is 23.1 Å². The molecule has 0 spiro atoms. The van der Waals surface area contributed by atoms with Crippen molar-refractivity contribution in [2.24, 2.45) is 0 Å². The minimum absolute atomic E-state index is 0.0132. The van der Waals surface area contributed by atoms with Crippen molar-refractivity contribution in [2.45, 2.75) is 19.5 Å². The minimum atomic E-state index is -1.01. The first-order valence-corrected chi connectivity index (χ1v) is 9.83. The van der Waals surface area contributed by atoms with E-state index in [1.54, 1.807) is 25.1 Å². The molecule has 0 radical (unpaired) electrons. The van der Waals surface area contributed by atoms with Crippen LogP contribution >= 0.6 is 0 Å². The molecule has 0 aliphatic carbocycles. The summed E-state index contributed by atoms with van der Waals surface area (Å²) < 4.78 is 27.9. The fourth-order valence-corrected chi connectivity index (χ4v) is 3.54. The molecule has 0 saturated heterocycles. The van der Waals surface area contributed by atoms with E-state index in [1.165, 1.54) is 29.0 Å². The lowest BCUT2D eigenvalue weighted by Crippen LogP contribution is -2.34. The molecule has 1 atom stereocenters. The molecule has 2 aromatic carbocycles. The maximum atomic E-state index is 13.5. The number of nitrogens with zero attached hydrogens (tertiary/aromatic N) is 1. The minimum Gasteiger partial charge on any atom is -0.345 e. The fourth-order valence-electron chi connectivity index (χ4n) is 3.54. The van der Waals surface area contributed by atoms with Crippen LogP contribution in [0.4, 0.5) is 14.5 Å². The fraction of sp³-hybridized carbons (Fsp3) is 0.125. The van der Waals surface area contributed by atoms with Crippen LogP contribution in [-0.4, -0.2) is 16.4 Å². The van der Waals surface area contributed by atoms with E-state index in [-0.39, 0.29) is 18.0 Å². The van der Waals surface area contributed by atoms with Gasteiger partial charge in [-0.25, -0.2) is 8.78 Å². The Hall–Kier alpha value is -4.07. The summed E-state index contributed by atoms with van der Waals surface area (Å²) in [5.74, 6) is -2.82. The van der Waals surface area contributed by atoms with Gasteiger partial charge in [0.2, 0.25) is 0 Å². The van der Waals surface area contributed by atoms with Gasteiger partial charge in [0.15, 0.2) is 11.6 Å². The van der Waals surface area contributed by atoms with Gasteiger partial charge in [-0.3, -0.25) is 14.4 Å². The number of nitrogens with one attached hydrogen (secondary N) is 2. The van der Waals surface area contributed by atoms with E-state index in [0.29, 0.717) is 22.4 Å². The average molecular weight is 435 g/mol. The van der Waals surface area contributed by atoms with E-state index >= 15 is 0 Å². The smallest absolute Gasteiger partial charge is 0.263 e. The number of aromatic nitrogens is 1. The van der Waals surface area contributed by atoms with E-state index < -0.39 is 29.1 Å². The molecule has 4 rings (SSSR count). The van der Waals surface area contributed by atoms with Crippen LogP contribution in [0.3, 0.4) is 0 Å². The van der Waals surface area contributed by atoms with Crippen molar-refractivity contribution in [3.8, 4) is 0 Å². The summed E-state index contributed by atoms with van der Waals surface area (Å²) in [4.78, 5) is 37.3. The van der Waals surface area contributed by atoms with Gasteiger partial charge in [0, 0.05) is 23.0 Å². The lowest BCUT2D eigenvalue weighted by molar-refractivity contribution is -0.110. The molecule has 32 heavy (non-hydrogen) atoms. The monoisotopic (exact) mass is 435 g/mol. The highest BCUT2D eigenvalue weighted by Crippen LogP contribution is 2.32. The van der Waals surface area contributed by atoms with Gasteiger partial charge in [-0.2, -0.15) is 0 Å². The Morgan fingerprint density at radius 2 is 1.91 bits per heavy atom. The lowest BCUT2D eigenvalue weighted by atomic mass is 10.0. The number of hydrogen-bond acceptors (Lipinski definition) is 3. The SMILES string of the molecule is C=C1C(=O)Nc2ccc(C(C)NC(=O)c3cccn(Cc4ccc(F)c(F)c4)c3=O)cc21. The molecule has 1 unspecified atom stereocenters. The van der Waals surface area contributed by atoms with E-state index in [0.717, 1.165) is 17.7 Å². The summed E-state index contributed by atoms with van der Waals surface area (Å²) in [7, 11) is 0. The standard InChI is InChI=1S/C24H19F2N3O3/c1-13-18-11-16(6-8-21(18)28-22(13)30)14(2)27-23(31)17-4-3-9-29(24(17)32)12-15-5-7-19(25)20(26)10-15/h3-11,14H,1,12H2,2H3,(H,27,31)(H,28,30). The number of amides is 2. The van der Waals surface area contributed by atoms with Crippen molar-refractivity contribution < 1.29 is 18.4 Å². The summed E-state index contributed by atoms with van der Waals surface area (Å²) >= 11 is 0. The van der Waals surface area contributed by atoms with Gasteiger partial charge in [0.05, 0.1) is 12.6 Å². The van der Waals surface area contributed by atoms with Crippen molar-refractivity contribution in [3.63, 3.8) is 0 Å². The van der Waals surface area contributed by atoms with E-state index in [4.69, 9.17) is 0 Å². The van der Waals surface area contributed by atoms with E-state index in [1.807, 2.05) is 0 Å². The molecule has 0 bridgehead atoms. The van der Waals surface area contributed by atoms with Crippen molar-refractivity contribution in [2.75, 3.05) is 5.32 Å². The molecule has 2 N–H and O–H groups in total. The molecule has 162 valence electrons. The molecule has 6 nitrogen and oxygen atoms in total. The molecular formula is C24H19F2N3O3. The number of carbonyl (C=O) groups excluding carboxylic acids is 2. The molecule has 1 aromatic heterocycles. The Morgan fingerprint density at radius 1 is 1.12 bits per heavy atom. The third-order valence-corrected chi connectivity index (χ3v) is 5.34. The van der Waals surface area contributed by atoms with Gasteiger partial charge >= 0.3 is 0 Å². The molecule has 1 aliphatic heterocycles. The Bertz CT molecular complexity index is 1330. The summed E-state index contributed by atoms with van der Waals surface area (Å²) in [6, 6.07) is 11.1. The molecular weight excluding hydrogens is 416 g/mol. The first-order valence-electron chi connectivity index (χ1n) is 9.83. The molecule has 8 heteroatoms. The number of carbonyl (C=O) groups is 2. The highest BCUT2D eigenvalue weighted by Gasteiger charge is 2.24. The summed E-state index contributed by atoms with van der Waals surface area (Å²) in [5.41, 5.74) is 2.17. The van der Waals surface area contributed by atoms with Crippen LogP contribution in [0.15, 0.2) is 66.1 Å². The second kappa shape index (κ2) is 8.22. The van der Waals surface area contributed by atoms with Crippen LogP contribution < -0.4 is 16.2 Å². The lowest BCUT2D eigenvalue weighted by Gasteiger charge is -2.16. The number of anilines is 1. The quantitative estimate of drug-likeness (QED) is 0.601. The predicted octanol–water partition coefficient (Wildman–Crippen LogP) is 3.63. The Kier molecular flexibility index (Phi) is 5.44. The maximum Gasteiger partial charge on any atom is 0.263 e. The second-order valence-corrected chi connectivity index (χ2v) is 7.54. The summed E-state index contributed by atoms with van der Waals surface area (Å²) in [6.07, 6.45) is 1.47. The summed E-state index contributed by atoms with van der Waals surface area (Å²) in [6.45, 7) is 5.51. The molecule has 2 heterocycles. The number of fused-ring (bicyclic) bond motifs is 1. The van der Waals surface area contributed by atoms with E-state index in [2.05, 4.69) is 17.2 Å². The van der Waals surface area contributed by atoms with Gasteiger partial charge in [0.25, 0.3) is 17.4 Å². The number of pyridine rings is 1. The first-order chi connectivity index (χ1) is 15.2. The van der Waals surface area contributed by atoms with E-state index in [9.17, 15) is 23.2 Å². The second-order valence-electron chi connectivity index (χ2n) is 7.54. The van der Waals surface area contributed by atoms with Crippen LogP contribution in [0.5, 0.6) is 0 Å². The van der Waals surface area contributed by atoms with Gasteiger partial charge in [-0.15, -0.1) is 0 Å². The third-order valence-electron chi connectivity index (χ3n) is 5.34. The highest BCUT2D eigenvalue weighted by atomic mass is 19.2. The Balaban J connectivity index is 1.53. The van der Waals surface area contributed by atoms with Crippen LogP contribution in [-0.2, 0) is 11.3 Å². The van der Waals surface area contributed by atoms with Crippen molar-refractivity contribution in [1.82, 2.24) is 9.88 Å². The Labute approximate surface area is 182 Å². The van der Waals surface area contributed by atoms with Crippen molar-refractivity contribution in [3.05, 3.63) is 106 Å². The van der Waals surface area contributed by atoms with Crippen LogP contribution in [0.1, 0.15) is 40.0 Å². The molecule has 2 amide bonds. The number of rotatable bonds is 5. The third kappa shape index (κ3) is 3.94. The zero-order valence-corrected chi connectivity index (χ0v) is 17.1. The molecule has 0 fully saturated rings. The Morgan fingerprint density at radius 3 is 2.66 bits per heavy atom. The predicted molar refractivity (Wildman–Crippen MR) is 116 cm³/mol. The number of halogens is 2. The zero-order valence-electron chi connectivity index (χ0n) is 17.1. The van der Waals surface area contributed by atoms with Crippen LogP contribution in [0, 0.1) is 11.6 Å². The summed E-state index contributed by atoms with van der Waals surface area (Å²) in [5, 5.41) is 5.49. The van der Waals surface area contributed by atoms with Gasteiger partial charge < -0.3 is 15.2 Å². The normalized spacial score (nSPS) is 13.5. The number of hydrogen-bond donors (Lipinski definition) is 2. The average Bonchev–Trinajstić information content (AvgIpc) is 3.05. The number of benzene rings is 2. The zero-order chi connectivity index (χ0) is 23.0. The maximum absolute atomic E-state index is 13.5. The first kappa shape index (κ1) is 21.2. The molecule has 3 aromatic rings. The highest BCUT2D eigenvalue weighted by molar-refractivity contribution is 6.30. The van der Waals surface area contributed by atoms with Gasteiger partial charge in [0.1, 0.15) is 5.56 Å². The van der Waals surface area contributed by atoms with Gasteiger partial charge in [-0.1, -0.05) is 18.7 Å². The largest absolute Gasteiger partial charge is 0.345 e.